The first-order chi connectivity index (χ1) is 8.63. The first kappa shape index (κ1) is 13.3. The van der Waals surface area contributed by atoms with Crippen molar-refractivity contribution in [1.82, 2.24) is 9.97 Å². The third-order valence-corrected chi connectivity index (χ3v) is 3.33. The third-order valence-electron chi connectivity index (χ3n) is 3.14. The standard InChI is InChI=1S/C11H17ClN4O2/c1-17-11(2-4-18-5-3-11)7-14-9-6-8(12)15-10(13)16-9/h6H,2-5,7H2,1H3,(H3,13,14,15,16). The largest absolute Gasteiger partial charge is 0.381 e. The Labute approximate surface area is 111 Å². The Hall–Kier alpha value is -1.11. The monoisotopic (exact) mass is 272 g/mol. The Balaban J connectivity index is 2.00. The molecule has 1 aliphatic heterocycles. The van der Waals surface area contributed by atoms with Gasteiger partial charge in [-0.1, -0.05) is 11.6 Å². The van der Waals surface area contributed by atoms with Gasteiger partial charge in [0.1, 0.15) is 11.0 Å². The Morgan fingerprint density at radius 3 is 2.83 bits per heavy atom. The molecular formula is C11H17ClN4O2. The van der Waals surface area contributed by atoms with Crippen LogP contribution < -0.4 is 11.1 Å². The van der Waals surface area contributed by atoms with Crippen molar-refractivity contribution in [3.8, 4) is 0 Å². The fourth-order valence-electron chi connectivity index (χ4n) is 1.97. The van der Waals surface area contributed by atoms with Crippen LogP contribution in [0.15, 0.2) is 6.07 Å². The van der Waals surface area contributed by atoms with Gasteiger partial charge in [-0.3, -0.25) is 0 Å². The van der Waals surface area contributed by atoms with E-state index in [0.717, 1.165) is 12.8 Å². The Morgan fingerprint density at radius 1 is 1.50 bits per heavy atom. The van der Waals surface area contributed by atoms with Crippen molar-refractivity contribution >= 4 is 23.4 Å². The average molecular weight is 273 g/mol. The molecule has 1 aromatic rings. The Morgan fingerprint density at radius 2 is 2.22 bits per heavy atom. The SMILES string of the molecule is COC1(CNc2cc(Cl)nc(N)n2)CCOCC1. The van der Waals surface area contributed by atoms with Crippen LogP contribution in [-0.4, -0.2) is 42.4 Å². The number of aromatic nitrogens is 2. The first-order valence-corrected chi connectivity index (χ1v) is 6.18. The van der Waals surface area contributed by atoms with E-state index in [1.807, 2.05) is 0 Å². The summed E-state index contributed by atoms with van der Waals surface area (Å²) in [6.07, 6.45) is 1.70. The van der Waals surface area contributed by atoms with Gasteiger partial charge in [-0.05, 0) is 0 Å². The molecule has 0 saturated carbocycles. The lowest BCUT2D eigenvalue weighted by molar-refractivity contribution is -0.0807. The van der Waals surface area contributed by atoms with E-state index in [0.29, 0.717) is 30.7 Å². The van der Waals surface area contributed by atoms with E-state index in [1.165, 1.54) is 0 Å². The summed E-state index contributed by atoms with van der Waals surface area (Å²) in [5, 5.41) is 3.51. The van der Waals surface area contributed by atoms with E-state index >= 15 is 0 Å². The molecule has 0 unspecified atom stereocenters. The molecule has 2 heterocycles. The molecule has 0 aliphatic carbocycles. The smallest absolute Gasteiger partial charge is 0.223 e. The molecule has 0 aromatic carbocycles. The average Bonchev–Trinajstić information content (AvgIpc) is 2.36. The molecule has 1 fully saturated rings. The zero-order chi connectivity index (χ0) is 13.0. The van der Waals surface area contributed by atoms with Gasteiger partial charge in [0.25, 0.3) is 0 Å². The number of anilines is 2. The molecule has 6 nitrogen and oxygen atoms in total. The topological polar surface area (TPSA) is 82.3 Å². The molecule has 0 spiro atoms. The highest BCUT2D eigenvalue weighted by Gasteiger charge is 2.32. The molecule has 2 rings (SSSR count). The number of nitrogen functional groups attached to an aromatic ring is 1. The summed E-state index contributed by atoms with van der Waals surface area (Å²) >= 11 is 5.82. The summed E-state index contributed by atoms with van der Waals surface area (Å²) in [6.45, 7) is 2.06. The minimum Gasteiger partial charge on any atom is -0.381 e. The Kier molecular flexibility index (Phi) is 4.21. The van der Waals surface area contributed by atoms with Crippen molar-refractivity contribution in [2.24, 2.45) is 0 Å². The number of nitrogens with one attached hydrogen (secondary N) is 1. The molecule has 1 saturated heterocycles. The maximum atomic E-state index is 5.82. The lowest BCUT2D eigenvalue weighted by Crippen LogP contribution is -2.44. The van der Waals surface area contributed by atoms with Crippen molar-refractivity contribution in [1.29, 1.82) is 0 Å². The molecule has 0 atom stereocenters. The molecule has 0 bridgehead atoms. The summed E-state index contributed by atoms with van der Waals surface area (Å²) in [7, 11) is 1.72. The number of hydrogen-bond acceptors (Lipinski definition) is 6. The van der Waals surface area contributed by atoms with E-state index in [-0.39, 0.29) is 11.5 Å². The second kappa shape index (κ2) is 5.69. The molecule has 100 valence electrons. The number of methoxy groups -OCH3 is 1. The Bertz CT molecular complexity index is 390. The number of ether oxygens (including phenoxy) is 2. The summed E-state index contributed by atoms with van der Waals surface area (Å²) < 4.78 is 11.0. The molecule has 0 amide bonds. The summed E-state index contributed by atoms with van der Waals surface area (Å²) in [4.78, 5) is 7.88. The maximum Gasteiger partial charge on any atom is 0.223 e. The van der Waals surface area contributed by atoms with Gasteiger partial charge in [0.2, 0.25) is 5.95 Å². The van der Waals surface area contributed by atoms with Crippen molar-refractivity contribution in [3.63, 3.8) is 0 Å². The van der Waals surface area contributed by atoms with E-state index in [4.69, 9.17) is 26.8 Å². The number of halogens is 1. The third kappa shape index (κ3) is 3.22. The van der Waals surface area contributed by atoms with Crippen molar-refractivity contribution in [2.45, 2.75) is 18.4 Å². The molecule has 3 N–H and O–H groups in total. The van der Waals surface area contributed by atoms with Gasteiger partial charge < -0.3 is 20.5 Å². The van der Waals surface area contributed by atoms with E-state index in [2.05, 4.69) is 15.3 Å². The fourth-order valence-corrected chi connectivity index (χ4v) is 2.16. The van der Waals surface area contributed by atoms with Crippen LogP contribution in [0.1, 0.15) is 12.8 Å². The fraction of sp³-hybridized carbons (Fsp3) is 0.636. The van der Waals surface area contributed by atoms with Gasteiger partial charge in [0, 0.05) is 45.8 Å². The van der Waals surface area contributed by atoms with Crippen molar-refractivity contribution in [2.75, 3.05) is 37.9 Å². The predicted molar refractivity (Wildman–Crippen MR) is 69.7 cm³/mol. The minimum absolute atomic E-state index is 0.156. The van der Waals surface area contributed by atoms with Gasteiger partial charge in [-0.2, -0.15) is 4.98 Å². The van der Waals surface area contributed by atoms with Gasteiger partial charge >= 0.3 is 0 Å². The van der Waals surface area contributed by atoms with Gasteiger partial charge in [-0.25, -0.2) is 4.98 Å². The molecular weight excluding hydrogens is 256 g/mol. The number of hydrogen-bond donors (Lipinski definition) is 2. The van der Waals surface area contributed by atoms with E-state index in [1.54, 1.807) is 13.2 Å². The highest BCUT2D eigenvalue weighted by molar-refractivity contribution is 6.29. The molecule has 0 radical (unpaired) electrons. The zero-order valence-electron chi connectivity index (χ0n) is 10.3. The number of nitrogens with two attached hydrogens (primary N) is 1. The summed E-state index contributed by atoms with van der Waals surface area (Å²) in [6, 6.07) is 1.64. The van der Waals surface area contributed by atoms with Gasteiger partial charge in [0.15, 0.2) is 0 Å². The number of nitrogens with zero attached hydrogens (tertiary/aromatic N) is 2. The minimum atomic E-state index is -0.218. The van der Waals surface area contributed by atoms with Crippen LogP contribution in [0.5, 0.6) is 0 Å². The van der Waals surface area contributed by atoms with E-state index < -0.39 is 0 Å². The quantitative estimate of drug-likeness (QED) is 0.805. The van der Waals surface area contributed by atoms with E-state index in [9.17, 15) is 0 Å². The second-order valence-electron chi connectivity index (χ2n) is 4.29. The normalized spacial score (nSPS) is 18.6. The van der Waals surface area contributed by atoms with Crippen molar-refractivity contribution < 1.29 is 9.47 Å². The summed E-state index contributed by atoms with van der Waals surface area (Å²) in [5.41, 5.74) is 5.32. The van der Waals surface area contributed by atoms with Crippen molar-refractivity contribution in [3.05, 3.63) is 11.2 Å². The predicted octanol–water partition coefficient (Wildman–Crippen LogP) is 1.32. The highest BCUT2D eigenvalue weighted by atomic mass is 35.5. The van der Waals surface area contributed by atoms with Crippen LogP contribution >= 0.6 is 11.6 Å². The van der Waals surface area contributed by atoms with Crippen LogP contribution in [0.3, 0.4) is 0 Å². The van der Waals surface area contributed by atoms with Gasteiger partial charge in [-0.15, -0.1) is 0 Å². The summed E-state index contributed by atoms with van der Waals surface area (Å²) in [5.74, 6) is 0.763. The molecule has 1 aliphatic rings. The lowest BCUT2D eigenvalue weighted by Gasteiger charge is -2.36. The lowest BCUT2D eigenvalue weighted by atomic mass is 9.94. The van der Waals surface area contributed by atoms with Gasteiger partial charge in [0.05, 0.1) is 5.60 Å². The molecule has 1 aromatic heterocycles. The second-order valence-corrected chi connectivity index (χ2v) is 4.67. The van der Waals surface area contributed by atoms with Crippen LogP contribution in [0.4, 0.5) is 11.8 Å². The first-order valence-electron chi connectivity index (χ1n) is 5.80. The van der Waals surface area contributed by atoms with Crippen LogP contribution in [-0.2, 0) is 9.47 Å². The highest BCUT2D eigenvalue weighted by Crippen LogP contribution is 2.25. The van der Waals surface area contributed by atoms with Crippen LogP contribution in [0.25, 0.3) is 0 Å². The van der Waals surface area contributed by atoms with Crippen LogP contribution in [0, 0.1) is 0 Å². The maximum absolute atomic E-state index is 5.82. The number of rotatable bonds is 4. The van der Waals surface area contributed by atoms with Crippen LogP contribution in [0.2, 0.25) is 5.15 Å². The molecule has 7 heteroatoms. The molecule has 18 heavy (non-hydrogen) atoms. The zero-order valence-corrected chi connectivity index (χ0v) is 11.0.